The summed E-state index contributed by atoms with van der Waals surface area (Å²) >= 11 is 16.8. The van der Waals surface area contributed by atoms with Gasteiger partial charge in [0.1, 0.15) is 0 Å². The maximum Gasteiger partial charge on any atom is 0.283 e. The Hall–Kier alpha value is 0.780. The smallest absolute Gasteiger partial charge is 0.283 e. The normalized spacial score (nSPS) is 16.0. The summed E-state index contributed by atoms with van der Waals surface area (Å²) in [6.45, 7) is 0. The first-order valence-electron chi connectivity index (χ1n) is 5.20. The molecular weight excluding hydrogens is 295 g/mol. The van der Waals surface area contributed by atoms with E-state index in [0.717, 1.165) is 32.1 Å². The third kappa shape index (κ3) is 7.96. The highest BCUT2D eigenvalue weighted by atomic mass is 35.5. The number of unbranched alkanes of at least 4 members (excludes halogenated alkanes) is 4. The van der Waals surface area contributed by atoms with E-state index in [1.165, 1.54) is 0 Å². The van der Waals surface area contributed by atoms with E-state index in [2.05, 4.69) is 0 Å². The van der Waals surface area contributed by atoms with E-state index in [1.54, 1.807) is 0 Å². The Balaban J connectivity index is 3.62. The van der Waals surface area contributed by atoms with Crippen molar-refractivity contribution in [3.63, 3.8) is 0 Å². The lowest BCUT2D eigenvalue weighted by atomic mass is 10.1. The molecule has 0 aliphatic carbocycles. The van der Waals surface area contributed by atoms with Crippen LogP contribution < -0.4 is 0 Å². The van der Waals surface area contributed by atoms with Crippen molar-refractivity contribution in [3.05, 3.63) is 0 Å². The Morgan fingerprint density at radius 1 is 1.00 bits per heavy atom. The fraction of sp³-hybridized carbons (Fsp3) is 1.00. The second kappa shape index (κ2) is 8.81. The van der Waals surface area contributed by atoms with Crippen LogP contribution in [0.15, 0.2) is 0 Å². The lowest BCUT2D eigenvalue weighted by Gasteiger charge is -2.12. The minimum Gasteiger partial charge on any atom is -0.284 e. The Morgan fingerprint density at radius 2 is 1.50 bits per heavy atom. The first kappa shape index (κ1) is 16.8. The Bertz CT molecular complexity index is 269. The van der Waals surface area contributed by atoms with Crippen LogP contribution in [0.4, 0.5) is 0 Å². The van der Waals surface area contributed by atoms with Crippen molar-refractivity contribution in [2.75, 3.05) is 5.88 Å². The molecule has 0 spiro atoms. The summed E-state index contributed by atoms with van der Waals surface area (Å²) in [6.07, 6.45) is 5.37. The van der Waals surface area contributed by atoms with Gasteiger partial charge in [-0.1, -0.05) is 25.7 Å². The zero-order chi connectivity index (χ0) is 12.6. The minimum atomic E-state index is -4.24. The van der Waals surface area contributed by atoms with Crippen molar-refractivity contribution < 1.29 is 13.0 Å². The minimum absolute atomic E-state index is 0.483. The standard InChI is InChI=1S/C9H17Cl3O3S/c10-7-5-3-1-2-4-6-8(11)9(12)16(13,14)15/h8-9H,1-7H2,(H,13,14,15). The van der Waals surface area contributed by atoms with E-state index in [0.29, 0.717) is 12.3 Å². The van der Waals surface area contributed by atoms with Crippen LogP contribution in [0.3, 0.4) is 0 Å². The van der Waals surface area contributed by atoms with Crippen molar-refractivity contribution in [1.82, 2.24) is 0 Å². The van der Waals surface area contributed by atoms with Crippen LogP contribution >= 0.6 is 34.8 Å². The van der Waals surface area contributed by atoms with Gasteiger partial charge in [0.15, 0.2) is 4.71 Å². The molecule has 1 N–H and O–H groups in total. The SMILES string of the molecule is O=S(=O)(O)C(Cl)C(Cl)CCCCCCCCl. The lowest BCUT2D eigenvalue weighted by molar-refractivity contribution is 0.474. The molecule has 0 aromatic carbocycles. The molecule has 2 atom stereocenters. The molecule has 0 saturated carbocycles. The average molecular weight is 312 g/mol. The van der Waals surface area contributed by atoms with Gasteiger partial charge in [0.25, 0.3) is 10.1 Å². The van der Waals surface area contributed by atoms with Crippen molar-refractivity contribution in [1.29, 1.82) is 0 Å². The predicted molar refractivity (Wildman–Crippen MR) is 69.3 cm³/mol. The van der Waals surface area contributed by atoms with Crippen molar-refractivity contribution in [3.8, 4) is 0 Å². The van der Waals surface area contributed by atoms with E-state index in [9.17, 15) is 8.42 Å². The van der Waals surface area contributed by atoms with Crippen LogP contribution in [0.2, 0.25) is 0 Å². The van der Waals surface area contributed by atoms with Crippen LogP contribution in [-0.2, 0) is 10.1 Å². The van der Waals surface area contributed by atoms with Crippen LogP contribution in [0.1, 0.15) is 38.5 Å². The molecule has 0 amide bonds. The van der Waals surface area contributed by atoms with Gasteiger partial charge >= 0.3 is 0 Å². The molecule has 98 valence electrons. The van der Waals surface area contributed by atoms with Crippen LogP contribution in [0.25, 0.3) is 0 Å². The molecule has 0 aromatic heterocycles. The van der Waals surface area contributed by atoms with Crippen LogP contribution in [0, 0.1) is 0 Å². The van der Waals surface area contributed by atoms with Crippen molar-refractivity contribution >= 4 is 44.9 Å². The molecule has 0 aliphatic rings. The van der Waals surface area contributed by atoms with Crippen LogP contribution in [0.5, 0.6) is 0 Å². The van der Waals surface area contributed by atoms with E-state index in [-0.39, 0.29) is 0 Å². The molecule has 0 heterocycles. The van der Waals surface area contributed by atoms with Gasteiger partial charge in [0.2, 0.25) is 0 Å². The van der Waals surface area contributed by atoms with Gasteiger partial charge in [-0.15, -0.1) is 34.8 Å². The largest absolute Gasteiger partial charge is 0.284 e. The molecule has 7 heteroatoms. The molecule has 0 aromatic rings. The highest BCUT2D eigenvalue weighted by Gasteiger charge is 2.27. The van der Waals surface area contributed by atoms with Crippen molar-refractivity contribution in [2.45, 2.75) is 48.6 Å². The fourth-order valence-electron chi connectivity index (χ4n) is 1.28. The van der Waals surface area contributed by atoms with Crippen molar-refractivity contribution in [2.24, 2.45) is 0 Å². The number of rotatable bonds is 9. The van der Waals surface area contributed by atoms with E-state index >= 15 is 0 Å². The topological polar surface area (TPSA) is 54.4 Å². The molecule has 0 rings (SSSR count). The Morgan fingerprint density at radius 3 is 2.00 bits per heavy atom. The molecule has 0 radical (unpaired) electrons. The molecule has 16 heavy (non-hydrogen) atoms. The maximum absolute atomic E-state index is 10.7. The molecule has 0 aliphatic heterocycles. The highest BCUT2D eigenvalue weighted by Crippen LogP contribution is 2.21. The zero-order valence-corrected chi connectivity index (χ0v) is 12.0. The van der Waals surface area contributed by atoms with Gasteiger partial charge in [-0.25, -0.2) is 0 Å². The summed E-state index contributed by atoms with van der Waals surface area (Å²) < 4.78 is 28.6. The van der Waals surface area contributed by atoms with E-state index in [4.69, 9.17) is 39.4 Å². The van der Waals surface area contributed by atoms with E-state index in [1.807, 2.05) is 0 Å². The summed E-state index contributed by atoms with van der Waals surface area (Å²) in [5, 5.41) is -0.746. The zero-order valence-electron chi connectivity index (χ0n) is 8.91. The highest BCUT2D eigenvalue weighted by molar-refractivity contribution is 7.87. The lowest BCUT2D eigenvalue weighted by Crippen LogP contribution is -2.24. The van der Waals surface area contributed by atoms with Gasteiger partial charge in [0.05, 0.1) is 5.38 Å². The average Bonchev–Trinajstić information content (AvgIpc) is 2.20. The fourth-order valence-corrected chi connectivity index (χ4v) is 2.65. The summed E-state index contributed by atoms with van der Waals surface area (Å²) in [6, 6.07) is 0. The second-order valence-corrected chi connectivity index (χ2v) is 6.83. The quantitative estimate of drug-likeness (QED) is 0.402. The predicted octanol–water partition coefficient (Wildman–Crippen LogP) is 3.63. The van der Waals surface area contributed by atoms with Gasteiger partial charge in [-0.05, 0) is 12.8 Å². The summed E-state index contributed by atoms with van der Waals surface area (Å²) in [7, 11) is -4.24. The number of hydrogen-bond donors (Lipinski definition) is 1. The Labute approximate surface area is 112 Å². The molecule has 0 bridgehead atoms. The first-order chi connectivity index (χ1) is 7.39. The van der Waals surface area contributed by atoms with Gasteiger partial charge in [0, 0.05) is 5.88 Å². The maximum atomic E-state index is 10.7. The first-order valence-corrected chi connectivity index (χ1v) is 8.11. The van der Waals surface area contributed by atoms with E-state index < -0.39 is 20.2 Å². The summed E-state index contributed by atoms with van der Waals surface area (Å²) in [5.41, 5.74) is 0. The summed E-state index contributed by atoms with van der Waals surface area (Å²) in [4.78, 5) is 0. The number of alkyl halides is 3. The molecule has 3 nitrogen and oxygen atoms in total. The third-order valence-corrected chi connectivity index (χ3v) is 5.08. The monoisotopic (exact) mass is 310 g/mol. The third-order valence-electron chi connectivity index (χ3n) is 2.18. The van der Waals surface area contributed by atoms with Gasteiger partial charge in [-0.2, -0.15) is 8.42 Å². The molecular formula is C9H17Cl3O3S. The molecule has 0 fully saturated rings. The summed E-state index contributed by atoms with van der Waals surface area (Å²) in [5.74, 6) is 0.671. The molecule has 2 unspecified atom stereocenters. The van der Waals surface area contributed by atoms with Gasteiger partial charge < -0.3 is 0 Å². The second-order valence-electron chi connectivity index (χ2n) is 3.63. The number of hydrogen-bond acceptors (Lipinski definition) is 2. The van der Waals surface area contributed by atoms with Crippen LogP contribution in [-0.4, -0.2) is 28.9 Å². The Kier molecular flexibility index (Phi) is 9.24. The van der Waals surface area contributed by atoms with Gasteiger partial charge in [-0.3, -0.25) is 4.55 Å². The molecule has 0 saturated heterocycles. The number of halogens is 3.